The van der Waals surface area contributed by atoms with E-state index in [0.717, 1.165) is 25.2 Å². The fourth-order valence-corrected chi connectivity index (χ4v) is 5.50. The molecule has 2 aliphatic rings. The molecule has 1 aromatic carbocycles. The number of thioether (sulfide) groups is 2. The lowest BCUT2D eigenvalue weighted by Gasteiger charge is -2.34. The third kappa shape index (κ3) is 3.89. The molecule has 0 bridgehead atoms. The highest BCUT2D eigenvalue weighted by atomic mass is 35.5. The first-order chi connectivity index (χ1) is 9.75. The molecule has 1 atom stereocenters. The van der Waals surface area contributed by atoms with Crippen molar-refractivity contribution in [3.63, 3.8) is 0 Å². The molecule has 0 aromatic heterocycles. The largest absolute Gasteiger partial charge is 0.333 e. The molecule has 3 nitrogen and oxygen atoms in total. The maximum Gasteiger partial charge on any atom is 0.254 e. The molecule has 1 N–H and O–H groups in total. The minimum atomic E-state index is 0. The van der Waals surface area contributed by atoms with E-state index in [2.05, 4.69) is 24.4 Å². The average molecular weight is 345 g/mol. The van der Waals surface area contributed by atoms with E-state index in [-0.39, 0.29) is 24.4 Å². The molecule has 0 radical (unpaired) electrons. The van der Waals surface area contributed by atoms with Crippen molar-refractivity contribution in [1.29, 1.82) is 0 Å². The molecule has 2 saturated heterocycles. The standard InChI is InChI=1S/C15H20N2OS2.ClH/c1-11-10-16-6-7-17(11)14(18)12-2-4-13(5-3-12)15-19-8-9-20-15;/h2-5,11,15-16H,6-10H2,1H3;1H/t11-;/m1./s1. The third-order valence-electron chi connectivity index (χ3n) is 3.81. The molecular weight excluding hydrogens is 324 g/mol. The molecule has 1 amide bonds. The van der Waals surface area contributed by atoms with E-state index in [1.165, 1.54) is 17.1 Å². The summed E-state index contributed by atoms with van der Waals surface area (Å²) in [6.45, 7) is 4.68. The number of nitrogens with zero attached hydrogens (tertiary/aromatic N) is 1. The summed E-state index contributed by atoms with van der Waals surface area (Å²) in [7, 11) is 0. The average Bonchev–Trinajstić information content (AvgIpc) is 3.01. The van der Waals surface area contributed by atoms with Crippen molar-refractivity contribution in [2.24, 2.45) is 0 Å². The highest BCUT2D eigenvalue weighted by Crippen LogP contribution is 2.45. The van der Waals surface area contributed by atoms with Crippen LogP contribution in [0.15, 0.2) is 24.3 Å². The van der Waals surface area contributed by atoms with E-state index in [1.54, 1.807) is 0 Å². The maximum atomic E-state index is 12.5. The van der Waals surface area contributed by atoms with Crippen LogP contribution in [0, 0.1) is 0 Å². The Hall–Kier alpha value is -0.360. The second-order valence-corrected chi connectivity index (χ2v) is 7.97. The first kappa shape index (κ1) is 17.0. The van der Waals surface area contributed by atoms with Crippen LogP contribution in [0.4, 0.5) is 0 Å². The summed E-state index contributed by atoms with van der Waals surface area (Å²) >= 11 is 4.00. The molecule has 3 rings (SSSR count). The van der Waals surface area contributed by atoms with Gasteiger partial charge < -0.3 is 10.2 Å². The number of hydrogen-bond donors (Lipinski definition) is 1. The SMILES string of the molecule is C[C@@H]1CNCCN1C(=O)c1ccc(C2SCCS2)cc1.Cl. The van der Waals surface area contributed by atoms with Crippen molar-refractivity contribution in [2.45, 2.75) is 17.5 Å². The smallest absolute Gasteiger partial charge is 0.254 e. The van der Waals surface area contributed by atoms with Gasteiger partial charge in [0.2, 0.25) is 0 Å². The van der Waals surface area contributed by atoms with Gasteiger partial charge in [0.25, 0.3) is 5.91 Å². The van der Waals surface area contributed by atoms with E-state index in [9.17, 15) is 4.79 Å². The van der Waals surface area contributed by atoms with Gasteiger partial charge in [0.15, 0.2) is 0 Å². The van der Waals surface area contributed by atoms with E-state index in [4.69, 9.17) is 0 Å². The van der Waals surface area contributed by atoms with Crippen molar-refractivity contribution in [2.75, 3.05) is 31.1 Å². The number of piperazine rings is 1. The van der Waals surface area contributed by atoms with Crippen LogP contribution in [0.5, 0.6) is 0 Å². The van der Waals surface area contributed by atoms with Crippen LogP contribution in [0.3, 0.4) is 0 Å². The van der Waals surface area contributed by atoms with Crippen molar-refractivity contribution in [1.82, 2.24) is 10.2 Å². The normalized spacial score (nSPS) is 22.9. The first-order valence-electron chi connectivity index (χ1n) is 7.10. The Kier molecular flexibility index (Phi) is 6.29. The van der Waals surface area contributed by atoms with E-state index in [0.29, 0.717) is 4.58 Å². The van der Waals surface area contributed by atoms with Crippen LogP contribution >= 0.6 is 35.9 Å². The minimum Gasteiger partial charge on any atom is -0.333 e. The van der Waals surface area contributed by atoms with Gasteiger partial charge in [-0.2, -0.15) is 0 Å². The number of carbonyl (C=O) groups is 1. The molecule has 0 aliphatic carbocycles. The molecule has 0 saturated carbocycles. The summed E-state index contributed by atoms with van der Waals surface area (Å²) < 4.78 is 0.553. The zero-order valence-electron chi connectivity index (χ0n) is 12.1. The van der Waals surface area contributed by atoms with Crippen LogP contribution in [-0.4, -0.2) is 48.0 Å². The van der Waals surface area contributed by atoms with Crippen molar-refractivity contribution >= 4 is 41.8 Å². The maximum absolute atomic E-state index is 12.5. The number of halogens is 1. The van der Waals surface area contributed by atoms with Gasteiger partial charge in [-0.1, -0.05) is 12.1 Å². The van der Waals surface area contributed by atoms with Crippen molar-refractivity contribution < 1.29 is 4.79 Å². The van der Waals surface area contributed by atoms with Crippen LogP contribution < -0.4 is 5.32 Å². The molecule has 116 valence electrons. The summed E-state index contributed by atoms with van der Waals surface area (Å²) in [6, 6.07) is 8.50. The van der Waals surface area contributed by atoms with Gasteiger partial charge in [-0.15, -0.1) is 35.9 Å². The summed E-state index contributed by atoms with van der Waals surface area (Å²) in [5, 5.41) is 3.32. The van der Waals surface area contributed by atoms with Crippen LogP contribution in [0.25, 0.3) is 0 Å². The number of carbonyl (C=O) groups excluding carboxylic acids is 1. The Bertz CT molecular complexity index is 477. The Morgan fingerprint density at radius 1 is 1.24 bits per heavy atom. The highest BCUT2D eigenvalue weighted by Gasteiger charge is 2.24. The molecular formula is C15H21ClN2OS2. The third-order valence-corrected chi connectivity index (χ3v) is 6.92. The molecule has 2 aliphatic heterocycles. The van der Waals surface area contributed by atoms with Gasteiger partial charge >= 0.3 is 0 Å². The van der Waals surface area contributed by atoms with Gasteiger partial charge in [-0.3, -0.25) is 4.79 Å². The van der Waals surface area contributed by atoms with Crippen LogP contribution in [-0.2, 0) is 0 Å². The molecule has 0 spiro atoms. The van der Waals surface area contributed by atoms with Gasteiger partial charge in [0.05, 0.1) is 4.58 Å². The van der Waals surface area contributed by atoms with Crippen LogP contribution in [0.2, 0.25) is 0 Å². The number of hydrogen-bond acceptors (Lipinski definition) is 4. The Balaban J connectivity index is 0.00000161. The zero-order valence-corrected chi connectivity index (χ0v) is 14.5. The second-order valence-electron chi connectivity index (χ2n) is 5.25. The molecule has 1 aromatic rings. The minimum absolute atomic E-state index is 0. The predicted molar refractivity (Wildman–Crippen MR) is 94.7 cm³/mol. The first-order valence-corrected chi connectivity index (χ1v) is 9.20. The van der Waals surface area contributed by atoms with Gasteiger partial charge in [-0.05, 0) is 24.6 Å². The van der Waals surface area contributed by atoms with E-state index >= 15 is 0 Å². The van der Waals surface area contributed by atoms with Crippen LogP contribution in [0.1, 0.15) is 27.4 Å². The highest BCUT2D eigenvalue weighted by molar-refractivity contribution is 8.19. The fraction of sp³-hybridized carbons (Fsp3) is 0.533. The van der Waals surface area contributed by atoms with Gasteiger partial charge in [-0.25, -0.2) is 0 Å². The predicted octanol–water partition coefficient (Wildman–Crippen LogP) is 3.02. The lowest BCUT2D eigenvalue weighted by Crippen LogP contribution is -2.52. The molecule has 6 heteroatoms. The molecule has 2 fully saturated rings. The summed E-state index contributed by atoms with van der Waals surface area (Å²) in [5.41, 5.74) is 2.15. The summed E-state index contributed by atoms with van der Waals surface area (Å²) in [5.74, 6) is 2.63. The quantitative estimate of drug-likeness (QED) is 0.893. The molecule has 0 unspecified atom stereocenters. The van der Waals surface area contributed by atoms with E-state index in [1.807, 2.05) is 40.6 Å². The molecule has 21 heavy (non-hydrogen) atoms. The molecule has 2 heterocycles. The number of benzene rings is 1. The lowest BCUT2D eigenvalue weighted by atomic mass is 10.1. The number of amides is 1. The Morgan fingerprint density at radius 3 is 2.52 bits per heavy atom. The zero-order chi connectivity index (χ0) is 13.9. The lowest BCUT2D eigenvalue weighted by molar-refractivity contribution is 0.0656. The van der Waals surface area contributed by atoms with Crippen molar-refractivity contribution in [3.05, 3.63) is 35.4 Å². The topological polar surface area (TPSA) is 32.3 Å². The van der Waals surface area contributed by atoms with Gasteiger partial charge in [0.1, 0.15) is 0 Å². The summed E-state index contributed by atoms with van der Waals surface area (Å²) in [6.07, 6.45) is 0. The summed E-state index contributed by atoms with van der Waals surface area (Å²) in [4.78, 5) is 14.5. The monoisotopic (exact) mass is 344 g/mol. The second kappa shape index (κ2) is 7.77. The Morgan fingerprint density at radius 2 is 1.90 bits per heavy atom. The number of rotatable bonds is 2. The Labute approximate surface area is 141 Å². The number of nitrogens with one attached hydrogen (secondary N) is 1. The fourth-order valence-electron chi connectivity index (χ4n) is 2.64. The van der Waals surface area contributed by atoms with Gasteiger partial charge in [0, 0.05) is 42.7 Å². The van der Waals surface area contributed by atoms with E-state index < -0.39 is 0 Å². The van der Waals surface area contributed by atoms with Crippen molar-refractivity contribution in [3.8, 4) is 0 Å².